The first-order valence-electron chi connectivity index (χ1n) is 8.94. The molecule has 3 aromatic rings. The summed E-state index contributed by atoms with van der Waals surface area (Å²) >= 11 is 0. The number of pyridine rings is 1. The molecule has 0 aliphatic heterocycles. The van der Waals surface area contributed by atoms with Crippen molar-refractivity contribution in [2.24, 2.45) is 0 Å². The number of carbonyl (C=O) groups is 2. The first-order valence-corrected chi connectivity index (χ1v) is 11.3. The van der Waals surface area contributed by atoms with Crippen LogP contribution in [0.25, 0.3) is 0 Å². The predicted molar refractivity (Wildman–Crippen MR) is 114 cm³/mol. The maximum Gasteiger partial charge on any atom is 0.270 e. The van der Waals surface area contributed by atoms with Gasteiger partial charge in [0.1, 0.15) is 11.7 Å². The summed E-state index contributed by atoms with van der Waals surface area (Å²) in [6.45, 7) is 0. The smallest absolute Gasteiger partial charge is 0.270 e. The lowest BCUT2D eigenvalue weighted by Gasteiger charge is -2.18. The van der Waals surface area contributed by atoms with Crippen molar-refractivity contribution in [1.82, 2.24) is 10.3 Å². The number of nitrogens with zero attached hydrogens (tertiary/aromatic N) is 1. The van der Waals surface area contributed by atoms with Crippen LogP contribution in [-0.4, -0.2) is 31.3 Å². The van der Waals surface area contributed by atoms with Gasteiger partial charge in [0.05, 0.1) is 4.90 Å². The fourth-order valence-electron chi connectivity index (χ4n) is 2.72. The van der Waals surface area contributed by atoms with E-state index in [2.05, 4.69) is 15.6 Å². The van der Waals surface area contributed by atoms with Crippen molar-refractivity contribution in [1.29, 1.82) is 0 Å². The minimum atomic E-state index is -3.86. The molecule has 0 aliphatic carbocycles. The number of anilines is 1. The van der Waals surface area contributed by atoms with Gasteiger partial charge in [-0.2, -0.15) is 0 Å². The van der Waals surface area contributed by atoms with Crippen molar-refractivity contribution in [2.45, 2.75) is 17.4 Å². The molecule has 2 amide bonds. The van der Waals surface area contributed by atoms with Gasteiger partial charge in [-0.3, -0.25) is 14.6 Å². The molecule has 9 heteroatoms. The van der Waals surface area contributed by atoms with E-state index in [1.54, 1.807) is 18.2 Å². The molecule has 1 atom stereocenters. The van der Waals surface area contributed by atoms with Gasteiger partial charge in [-0.15, -0.1) is 0 Å². The Bertz CT molecular complexity index is 1120. The van der Waals surface area contributed by atoms with E-state index in [9.17, 15) is 18.0 Å². The van der Waals surface area contributed by atoms with Gasteiger partial charge in [0, 0.05) is 29.0 Å². The molecule has 1 unspecified atom stereocenters. The van der Waals surface area contributed by atoms with E-state index >= 15 is 0 Å². The molecule has 7 nitrogen and oxygen atoms in total. The minimum absolute atomic E-state index is 0.0774. The summed E-state index contributed by atoms with van der Waals surface area (Å²) in [7, 11) is 1.45. The molecule has 0 spiro atoms. The first kappa shape index (κ1) is 21.5. The van der Waals surface area contributed by atoms with Gasteiger partial charge in [0.2, 0.25) is 5.91 Å². The fourth-order valence-corrected chi connectivity index (χ4v) is 3.49. The third kappa shape index (κ3) is 5.88. The Hall–Kier alpha value is -3.23. The summed E-state index contributed by atoms with van der Waals surface area (Å²) in [4.78, 5) is 29.3. The highest BCUT2D eigenvalue weighted by molar-refractivity contribution is 8.13. The van der Waals surface area contributed by atoms with Crippen LogP contribution in [0.15, 0.2) is 83.9 Å². The highest BCUT2D eigenvalue weighted by Gasteiger charge is 2.23. The maximum atomic E-state index is 12.9. The van der Waals surface area contributed by atoms with Crippen LogP contribution in [0, 0.1) is 0 Å². The van der Waals surface area contributed by atoms with E-state index in [-0.39, 0.29) is 17.0 Å². The summed E-state index contributed by atoms with van der Waals surface area (Å²) < 4.78 is 22.7. The van der Waals surface area contributed by atoms with E-state index in [1.165, 1.54) is 30.5 Å². The summed E-state index contributed by atoms with van der Waals surface area (Å²) in [5, 5.41) is 5.39. The lowest BCUT2D eigenvalue weighted by Crippen LogP contribution is -2.45. The molecule has 2 aromatic carbocycles. The molecule has 3 rings (SSSR count). The molecule has 0 fully saturated rings. The molecular formula is C21H18ClN3O4S. The summed E-state index contributed by atoms with van der Waals surface area (Å²) in [6.07, 6.45) is 1.76. The summed E-state index contributed by atoms with van der Waals surface area (Å²) in [6, 6.07) is 18.7. The van der Waals surface area contributed by atoms with Crippen LogP contribution in [-0.2, 0) is 20.3 Å². The number of amides is 2. The number of rotatable bonds is 7. The maximum absolute atomic E-state index is 12.9. The van der Waals surface area contributed by atoms with Crippen LogP contribution < -0.4 is 10.6 Å². The Morgan fingerprint density at radius 1 is 0.933 bits per heavy atom. The van der Waals surface area contributed by atoms with Crippen LogP contribution in [0.5, 0.6) is 0 Å². The lowest BCUT2D eigenvalue weighted by atomic mass is 10.0. The summed E-state index contributed by atoms with van der Waals surface area (Å²) in [5.74, 6) is -0.931. The zero-order chi connectivity index (χ0) is 21.6. The molecular weight excluding hydrogens is 426 g/mol. The standard InChI is InChI=1S/C21H18ClN3O4S/c22-30(28,29)17-11-9-16(10-12-17)24-21(27)19(14-15-6-2-1-3-7-15)25-20(26)18-8-4-5-13-23-18/h1-13,19H,14H2,(H,24,27)(H,25,26). The predicted octanol–water partition coefficient (Wildman–Crippen LogP) is 2.99. The molecule has 2 N–H and O–H groups in total. The average Bonchev–Trinajstić information content (AvgIpc) is 2.74. The van der Waals surface area contributed by atoms with Crippen molar-refractivity contribution in [3.63, 3.8) is 0 Å². The van der Waals surface area contributed by atoms with Crippen LogP contribution in [0.1, 0.15) is 16.1 Å². The Labute approximate surface area is 178 Å². The van der Waals surface area contributed by atoms with Gasteiger partial charge >= 0.3 is 0 Å². The molecule has 30 heavy (non-hydrogen) atoms. The van der Waals surface area contributed by atoms with Gasteiger partial charge in [-0.1, -0.05) is 36.4 Å². The van der Waals surface area contributed by atoms with Crippen LogP contribution in [0.3, 0.4) is 0 Å². The Balaban J connectivity index is 1.78. The number of benzene rings is 2. The Kier molecular flexibility index (Phi) is 6.81. The quantitative estimate of drug-likeness (QED) is 0.546. The monoisotopic (exact) mass is 443 g/mol. The van der Waals surface area contributed by atoms with Crippen molar-refractivity contribution in [2.75, 3.05) is 5.32 Å². The second kappa shape index (κ2) is 9.51. The van der Waals surface area contributed by atoms with Crippen molar-refractivity contribution >= 4 is 37.2 Å². The average molecular weight is 444 g/mol. The summed E-state index contributed by atoms with van der Waals surface area (Å²) in [5.41, 5.74) is 1.43. The van der Waals surface area contributed by atoms with E-state index in [1.807, 2.05) is 30.3 Å². The second-order valence-corrected chi connectivity index (χ2v) is 8.95. The van der Waals surface area contributed by atoms with E-state index in [4.69, 9.17) is 10.7 Å². The van der Waals surface area contributed by atoms with Gasteiger partial charge in [-0.25, -0.2) is 8.42 Å². The Morgan fingerprint density at radius 2 is 1.60 bits per heavy atom. The van der Waals surface area contributed by atoms with E-state index in [0.717, 1.165) is 5.56 Å². The third-order valence-corrected chi connectivity index (χ3v) is 5.58. The molecule has 0 radical (unpaired) electrons. The van der Waals surface area contributed by atoms with Gasteiger partial charge in [0.15, 0.2) is 0 Å². The molecule has 0 bridgehead atoms. The third-order valence-electron chi connectivity index (χ3n) is 4.21. The molecule has 0 aliphatic rings. The van der Waals surface area contributed by atoms with Crippen LogP contribution >= 0.6 is 10.7 Å². The Morgan fingerprint density at radius 3 is 2.20 bits per heavy atom. The zero-order valence-electron chi connectivity index (χ0n) is 15.7. The molecule has 1 aromatic heterocycles. The lowest BCUT2D eigenvalue weighted by molar-refractivity contribution is -0.118. The fraction of sp³-hybridized carbons (Fsp3) is 0.0952. The van der Waals surface area contributed by atoms with Crippen molar-refractivity contribution < 1.29 is 18.0 Å². The highest BCUT2D eigenvalue weighted by atomic mass is 35.7. The molecule has 0 saturated carbocycles. The molecule has 0 saturated heterocycles. The van der Waals surface area contributed by atoms with Crippen molar-refractivity contribution in [3.05, 3.63) is 90.3 Å². The topological polar surface area (TPSA) is 105 Å². The first-order chi connectivity index (χ1) is 14.3. The largest absolute Gasteiger partial charge is 0.339 e. The van der Waals surface area contributed by atoms with E-state index < -0.39 is 26.9 Å². The molecule has 154 valence electrons. The van der Waals surface area contributed by atoms with Crippen molar-refractivity contribution in [3.8, 4) is 0 Å². The number of nitrogens with one attached hydrogen (secondary N) is 2. The normalized spacial score (nSPS) is 12.0. The number of aromatic nitrogens is 1. The van der Waals surface area contributed by atoms with Crippen LogP contribution in [0.4, 0.5) is 5.69 Å². The second-order valence-electron chi connectivity index (χ2n) is 6.38. The number of halogens is 1. The number of hydrogen-bond donors (Lipinski definition) is 2. The molecule has 1 heterocycles. The van der Waals surface area contributed by atoms with Gasteiger partial charge in [0.25, 0.3) is 15.0 Å². The number of hydrogen-bond acceptors (Lipinski definition) is 5. The van der Waals surface area contributed by atoms with Gasteiger partial charge in [-0.05, 0) is 42.0 Å². The van der Waals surface area contributed by atoms with E-state index in [0.29, 0.717) is 5.69 Å². The zero-order valence-corrected chi connectivity index (χ0v) is 17.2. The number of carbonyl (C=O) groups excluding carboxylic acids is 2. The SMILES string of the molecule is O=C(NC(Cc1ccccc1)C(=O)Nc1ccc(S(=O)(=O)Cl)cc1)c1ccccn1. The van der Waals surface area contributed by atoms with Crippen LogP contribution in [0.2, 0.25) is 0 Å². The minimum Gasteiger partial charge on any atom is -0.339 e. The highest BCUT2D eigenvalue weighted by Crippen LogP contribution is 2.18. The van der Waals surface area contributed by atoms with Gasteiger partial charge < -0.3 is 10.6 Å².